The summed E-state index contributed by atoms with van der Waals surface area (Å²) in [5.41, 5.74) is 24.3. The van der Waals surface area contributed by atoms with Crippen LogP contribution in [-0.4, -0.2) is 50.9 Å². The number of carbonyl (C=O) groups is 3. The van der Waals surface area contributed by atoms with Gasteiger partial charge in [0.05, 0.1) is 0 Å². The summed E-state index contributed by atoms with van der Waals surface area (Å²) in [4.78, 5) is 55.4. The number of hydrogen-bond acceptors (Lipinski definition) is 5. The molecule has 13 N–H and O–H groups in total. The molecule has 0 spiro atoms. The highest BCUT2D eigenvalue weighted by Gasteiger charge is 2.38. The van der Waals surface area contributed by atoms with Crippen molar-refractivity contribution in [2.24, 2.45) is 44.8 Å². The Bertz CT molecular complexity index is 1990. The number of H-pyrrole nitrogens is 2. The van der Waals surface area contributed by atoms with Gasteiger partial charge in [-0.3, -0.25) is 14.4 Å². The molecule has 0 bridgehead atoms. The number of nitrogens with one attached hydrogen (secondary N) is 5. The zero-order valence-electron chi connectivity index (χ0n) is 29.3. The van der Waals surface area contributed by atoms with Crippen LogP contribution in [0, 0.1) is 11.8 Å². The molecule has 0 saturated heterocycles. The number of aromatic nitrogens is 2. The molecule has 2 aliphatic carbocycles. The van der Waals surface area contributed by atoms with Gasteiger partial charge in [0.25, 0.3) is 17.7 Å². The van der Waals surface area contributed by atoms with Crippen molar-refractivity contribution < 1.29 is 14.4 Å². The van der Waals surface area contributed by atoms with Gasteiger partial charge >= 0.3 is 0 Å². The van der Waals surface area contributed by atoms with Gasteiger partial charge < -0.3 is 48.9 Å². The number of nitrogens with zero attached hydrogens (tertiary/aromatic N) is 2. The monoisotopic (exact) mass is 695 g/mol. The van der Waals surface area contributed by atoms with E-state index in [0.717, 1.165) is 75.1 Å². The number of carbonyl (C=O) groups excluding carboxylic acids is 3. The number of anilines is 1. The highest BCUT2D eigenvalue weighted by molar-refractivity contribution is 6.08. The summed E-state index contributed by atoms with van der Waals surface area (Å²) in [7, 11) is 0. The van der Waals surface area contributed by atoms with Crippen molar-refractivity contribution in [2.45, 2.75) is 89.4 Å². The Balaban J connectivity index is 1.15. The molecule has 51 heavy (non-hydrogen) atoms. The van der Waals surface area contributed by atoms with Gasteiger partial charge in [-0.2, -0.15) is 0 Å². The lowest BCUT2D eigenvalue weighted by Gasteiger charge is -2.37. The first-order valence-corrected chi connectivity index (χ1v) is 17.8. The highest BCUT2D eigenvalue weighted by Crippen LogP contribution is 2.35. The predicted molar refractivity (Wildman–Crippen MR) is 201 cm³/mol. The van der Waals surface area contributed by atoms with Crippen molar-refractivity contribution in [2.75, 3.05) is 5.32 Å². The molecule has 0 aliphatic heterocycles. The van der Waals surface area contributed by atoms with Crippen LogP contribution in [0.1, 0.15) is 109 Å². The third-order valence-corrected chi connectivity index (χ3v) is 10.5. The third-order valence-electron chi connectivity index (χ3n) is 10.5. The summed E-state index contributed by atoms with van der Waals surface area (Å²) >= 11 is 0. The van der Waals surface area contributed by atoms with Crippen LogP contribution in [0.4, 0.5) is 5.69 Å². The van der Waals surface area contributed by atoms with E-state index in [0.29, 0.717) is 33.5 Å². The van der Waals surface area contributed by atoms with Gasteiger partial charge in [0.15, 0.2) is 11.9 Å². The molecule has 2 fully saturated rings. The molecule has 270 valence electrons. The number of nitrogens with two attached hydrogens (primary N) is 4. The van der Waals surface area contributed by atoms with Crippen molar-refractivity contribution in [1.29, 1.82) is 0 Å². The second-order valence-corrected chi connectivity index (χ2v) is 14.4. The number of benzene rings is 2. The lowest BCUT2D eigenvalue weighted by molar-refractivity contribution is 0.0835. The molecule has 14 heteroatoms. The maximum absolute atomic E-state index is 13.4. The maximum Gasteiger partial charge on any atom is 0.269 e. The molecule has 2 unspecified atom stereocenters. The molecule has 2 aliphatic rings. The van der Waals surface area contributed by atoms with Gasteiger partial charge in [0.2, 0.25) is 0 Å². The predicted octanol–water partition coefficient (Wildman–Crippen LogP) is 4.50. The lowest BCUT2D eigenvalue weighted by atomic mass is 9.80. The zero-order chi connectivity index (χ0) is 36.3. The van der Waals surface area contributed by atoms with Crippen LogP contribution in [0.2, 0.25) is 0 Å². The van der Waals surface area contributed by atoms with Crippen molar-refractivity contribution in [3.8, 4) is 0 Å². The maximum atomic E-state index is 13.4. The SMILES string of the molecule is CC(N=C(N)N)(NC(=O)c1cc2cc(NC(=O)c3ccc4[nH]c(C(=O)NC(C)(N=C(N)N)C5CCCCC5)cc4c3)ccc2[nH]1)C1CCCCC1. The largest absolute Gasteiger partial charge is 0.370 e. The zero-order valence-corrected chi connectivity index (χ0v) is 29.3. The summed E-state index contributed by atoms with van der Waals surface area (Å²) < 4.78 is 0. The van der Waals surface area contributed by atoms with Crippen LogP contribution < -0.4 is 38.9 Å². The van der Waals surface area contributed by atoms with Gasteiger partial charge in [0, 0.05) is 44.9 Å². The van der Waals surface area contributed by atoms with Gasteiger partial charge in [0.1, 0.15) is 22.7 Å². The normalized spacial score (nSPS) is 17.9. The molecule has 0 radical (unpaired) electrons. The molecular formula is C37H49N11O3. The standard InChI is InChI=1S/C37H49N11O3/c1-36(47-34(38)39,24-9-5-3-6-10-24)45-32(50)29-19-22-17-21(13-15-27(22)43-29)31(49)42-26-14-16-28-23(18-26)20-30(44-28)33(51)46-37(2,48-35(40)41)25-11-7-4-8-12-25/h13-20,24-25,43-44H,3-12H2,1-2H3,(H,42,49)(H,45,50)(H,46,51)(H4,38,39,47)(H4,40,41,48). The first-order chi connectivity index (χ1) is 24.3. The highest BCUT2D eigenvalue weighted by atomic mass is 16.2. The Hall–Kier alpha value is -5.53. The summed E-state index contributed by atoms with van der Waals surface area (Å²) in [5, 5.41) is 10.5. The molecular weight excluding hydrogens is 646 g/mol. The Labute approximate surface area is 296 Å². The summed E-state index contributed by atoms with van der Waals surface area (Å²) in [6.07, 6.45) is 10.3. The Morgan fingerprint density at radius 3 is 1.55 bits per heavy atom. The quantitative estimate of drug-likeness (QED) is 0.0848. The van der Waals surface area contributed by atoms with E-state index in [1.54, 1.807) is 42.5 Å². The van der Waals surface area contributed by atoms with Crippen molar-refractivity contribution >= 4 is 57.1 Å². The molecule has 3 amide bonds. The minimum Gasteiger partial charge on any atom is -0.370 e. The van der Waals surface area contributed by atoms with Crippen LogP contribution >= 0.6 is 0 Å². The summed E-state index contributed by atoms with van der Waals surface area (Å²) in [6.45, 7) is 3.72. The van der Waals surface area contributed by atoms with Gasteiger partial charge in [-0.1, -0.05) is 38.5 Å². The molecule has 2 saturated carbocycles. The topological polar surface area (TPSA) is 248 Å². The van der Waals surface area contributed by atoms with Gasteiger partial charge in [-0.25, -0.2) is 9.98 Å². The van der Waals surface area contributed by atoms with Crippen molar-refractivity contribution in [3.05, 3.63) is 65.5 Å². The van der Waals surface area contributed by atoms with E-state index in [4.69, 9.17) is 22.9 Å². The molecule has 2 heterocycles. The van der Waals surface area contributed by atoms with Gasteiger partial charge in [-0.05, 0) is 88.1 Å². The fourth-order valence-electron chi connectivity index (χ4n) is 7.83. The number of aromatic amines is 2. The van der Waals surface area contributed by atoms with E-state index in [1.807, 2.05) is 19.9 Å². The molecule has 2 aromatic heterocycles. The number of hydrogen-bond donors (Lipinski definition) is 9. The molecule has 14 nitrogen and oxygen atoms in total. The minimum atomic E-state index is -0.938. The van der Waals surface area contributed by atoms with E-state index in [1.165, 1.54) is 0 Å². The van der Waals surface area contributed by atoms with Crippen LogP contribution in [0.25, 0.3) is 21.8 Å². The van der Waals surface area contributed by atoms with Crippen LogP contribution in [0.15, 0.2) is 58.5 Å². The molecule has 2 atom stereocenters. The molecule has 6 rings (SSSR count). The van der Waals surface area contributed by atoms with E-state index < -0.39 is 11.3 Å². The smallest absolute Gasteiger partial charge is 0.269 e. The Morgan fingerprint density at radius 1 is 0.627 bits per heavy atom. The number of rotatable bonds is 10. The fraction of sp³-hybridized carbons (Fsp3) is 0.432. The van der Waals surface area contributed by atoms with Crippen LogP contribution in [0.3, 0.4) is 0 Å². The van der Waals surface area contributed by atoms with Crippen molar-refractivity contribution in [1.82, 2.24) is 20.6 Å². The van der Waals surface area contributed by atoms with E-state index >= 15 is 0 Å². The summed E-state index contributed by atoms with van der Waals surface area (Å²) in [5.74, 6) is -0.890. The second kappa shape index (κ2) is 14.4. The Morgan fingerprint density at radius 2 is 1.08 bits per heavy atom. The van der Waals surface area contributed by atoms with Crippen LogP contribution in [0.5, 0.6) is 0 Å². The number of amides is 3. The van der Waals surface area contributed by atoms with Crippen LogP contribution in [-0.2, 0) is 0 Å². The number of guanidine groups is 2. The Kier molecular flexibility index (Phi) is 9.95. The van der Waals surface area contributed by atoms with E-state index in [9.17, 15) is 14.4 Å². The van der Waals surface area contributed by atoms with E-state index in [2.05, 4.69) is 35.9 Å². The van der Waals surface area contributed by atoms with Crippen molar-refractivity contribution in [3.63, 3.8) is 0 Å². The van der Waals surface area contributed by atoms with Gasteiger partial charge in [-0.15, -0.1) is 0 Å². The molecule has 2 aromatic carbocycles. The first kappa shape index (κ1) is 35.3. The average molecular weight is 696 g/mol. The third kappa shape index (κ3) is 7.95. The average Bonchev–Trinajstić information content (AvgIpc) is 3.73. The number of aliphatic imine (C=N–C) groups is 2. The lowest BCUT2D eigenvalue weighted by Crippen LogP contribution is -2.52. The molecule has 4 aromatic rings. The van der Waals surface area contributed by atoms with E-state index in [-0.39, 0.29) is 41.5 Å². The fourth-order valence-corrected chi connectivity index (χ4v) is 7.83. The second-order valence-electron chi connectivity index (χ2n) is 14.4. The minimum absolute atomic E-state index is 0.0704. The first-order valence-electron chi connectivity index (χ1n) is 17.8. The summed E-state index contributed by atoms with van der Waals surface area (Å²) in [6, 6.07) is 14.0. The number of fused-ring (bicyclic) bond motifs is 2.